The Morgan fingerprint density at radius 3 is 2.54 bits per heavy atom. The van der Waals surface area contributed by atoms with Gasteiger partial charge >= 0.3 is 0 Å². The highest BCUT2D eigenvalue weighted by molar-refractivity contribution is 7.89. The SMILES string of the molecule is Cc1nc(CN(CCCN(CC(C)C)S(=O)(=O)c2ccc3occc3c2)C(=O)CC(C)(C)C)cs1. The second-order valence-electron chi connectivity index (χ2n) is 10.6. The molecule has 0 saturated carbocycles. The van der Waals surface area contributed by atoms with Gasteiger partial charge in [0.25, 0.3) is 0 Å². The first-order valence-corrected chi connectivity index (χ1v) is 14.3. The van der Waals surface area contributed by atoms with Crippen molar-refractivity contribution in [3.05, 3.63) is 46.6 Å². The molecule has 2 heterocycles. The minimum Gasteiger partial charge on any atom is -0.464 e. The molecular formula is C26H37N3O4S2. The molecule has 0 N–H and O–H groups in total. The average molecular weight is 520 g/mol. The van der Waals surface area contributed by atoms with Gasteiger partial charge in [0.05, 0.1) is 28.4 Å². The lowest BCUT2D eigenvalue weighted by molar-refractivity contribution is -0.133. The molecule has 0 aliphatic carbocycles. The van der Waals surface area contributed by atoms with Crippen molar-refractivity contribution >= 4 is 38.2 Å². The Kier molecular flexibility index (Phi) is 8.77. The van der Waals surface area contributed by atoms with Crippen LogP contribution in [0.3, 0.4) is 0 Å². The zero-order valence-electron chi connectivity index (χ0n) is 21.6. The summed E-state index contributed by atoms with van der Waals surface area (Å²) in [5.41, 5.74) is 1.39. The first-order valence-electron chi connectivity index (χ1n) is 12.0. The van der Waals surface area contributed by atoms with E-state index in [1.165, 1.54) is 4.31 Å². The van der Waals surface area contributed by atoms with Crippen molar-refractivity contribution in [2.45, 2.75) is 65.8 Å². The number of aryl methyl sites for hydroxylation is 1. The normalized spacial score (nSPS) is 12.7. The number of sulfonamides is 1. The molecule has 0 bridgehead atoms. The molecule has 0 aliphatic rings. The standard InChI is InChI=1S/C26H37N3O4S2/c1-19(2)16-29(35(31,32)23-8-9-24-21(14-23)10-13-33-24)12-7-11-28(25(30)15-26(4,5)6)17-22-18-34-20(3)27-22/h8-10,13-14,18-19H,7,11-12,15-17H2,1-6H3. The maximum atomic E-state index is 13.5. The lowest BCUT2D eigenvalue weighted by Crippen LogP contribution is -2.38. The number of hydrogen-bond donors (Lipinski definition) is 0. The van der Waals surface area contributed by atoms with Gasteiger partial charge in [0.15, 0.2) is 0 Å². The van der Waals surface area contributed by atoms with Gasteiger partial charge in [0.1, 0.15) is 5.58 Å². The van der Waals surface area contributed by atoms with Gasteiger partial charge in [-0.05, 0) is 48.9 Å². The number of aromatic nitrogens is 1. The van der Waals surface area contributed by atoms with E-state index in [4.69, 9.17) is 4.42 Å². The molecule has 0 unspecified atom stereocenters. The van der Waals surface area contributed by atoms with E-state index >= 15 is 0 Å². The van der Waals surface area contributed by atoms with Crippen LogP contribution in [0.5, 0.6) is 0 Å². The molecule has 3 rings (SSSR count). The minimum atomic E-state index is -3.69. The van der Waals surface area contributed by atoms with Crippen LogP contribution in [0.25, 0.3) is 11.0 Å². The van der Waals surface area contributed by atoms with Gasteiger partial charge in [-0.3, -0.25) is 4.79 Å². The van der Waals surface area contributed by atoms with Gasteiger partial charge in [-0.15, -0.1) is 11.3 Å². The molecule has 0 fully saturated rings. The first-order chi connectivity index (χ1) is 16.3. The number of fused-ring (bicyclic) bond motifs is 1. The summed E-state index contributed by atoms with van der Waals surface area (Å²) in [4.78, 5) is 19.7. The van der Waals surface area contributed by atoms with Gasteiger partial charge in [-0.2, -0.15) is 4.31 Å². The van der Waals surface area contributed by atoms with E-state index in [-0.39, 0.29) is 22.1 Å². The van der Waals surface area contributed by atoms with E-state index in [1.54, 1.807) is 41.9 Å². The van der Waals surface area contributed by atoms with E-state index in [9.17, 15) is 13.2 Å². The van der Waals surface area contributed by atoms with Crippen molar-refractivity contribution in [3.63, 3.8) is 0 Å². The minimum absolute atomic E-state index is 0.0619. The third-order valence-corrected chi connectivity index (χ3v) is 8.20. The number of amides is 1. The van der Waals surface area contributed by atoms with E-state index in [0.29, 0.717) is 44.6 Å². The number of carbonyl (C=O) groups is 1. The Labute approximate surface area is 213 Å². The van der Waals surface area contributed by atoms with Crippen LogP contribution in [-0.2, 0) is 21.4 Å². The predicted molar refractivity (Wildman–Crippen MR) is 141 cm³/mol. The molecule has 0 spiro atoms. The van der Waals surface area contributed by atoms with Crippen molar-refractivity contribution in [1.82, 2.24) is 14.2 Å². The molecule has 1 aromatic carbocycles. The van der Waals surface area contributed by atoms with Crippen LogP contribution in [0, 0.1) is 18.3 Å². The van der Waals surface area contributed by atoms with E-state index in [2.05, 4.69) is 4.98 Å². The summed E-state index contributed by atoms with van der Waals surface area (Å²) in [6.45, 7) is 13.7. The van der Waals surface area contributed by atoms with E-state index in [0.717, 1.165) is 16.1 Å². The van der Waals surface area contributed by atoms with E-state index < -0.39 is 10.0 Å². The zero-order valence-corrected chi connectivity index (χ0v) is 23.2. The summed E-state index contributed by atoms with van der Waals surface area (Å²) in [7, 11) is -3.69. The lowest BCUT2D eigenvalue weighted by atomic mass is 9.91. The van der Waals surface area contributed by atoms with Crippen LogP contribution in [0.15, 0.2) is 45.2 Å². The number of thiazole rings is 1. The number of furan rings is 1. The van der Waals surface area contributed by atoms with Crippen LogP contribution < -0.4 is 0 Å². The first kappa shape index (κ1) is 27.4. The van der Waals surface area contributed by atoms with Crippen LogP contribution in [0.1, 0.15) is 58.2 Å². The van der Waals surface area contributed by atoms with Gasteiger partial charge in [-0.25, -0.2) is 13.4 Å². The molecule has 0 aliphatic heterocycles. The summed E-state index contributed by atoms with van der Waals surface area (Å²) in [6, 6.07) is 6.71. The number of nitrogens with zero attached hydrogens (tertiary/aromatic N) is 3. The van der Waals surface area contributed by atoms with Gasteiger partial charge in [0.2, 0.25) is 15.9 Å². The molecule has 9 heteroatoms. The molecular weight excluding hydrogens is 482 g/mol. The molecule has 35 heavy (non-hydrogen) atoms. The highest BCUT2D eigenvalue weighted by Gasteiger charge is 2.27. The van der Waals surface area contributed by atoms with Crippen molar-refractivity contribution in [2.24, 2.45) is 11.3 Å². The van der Waals surface area contributed by atoms with E-state index in [1.807, 2.05) is 51.8 Å². The summed E-state index contributed by atoms with van der Waals surface area (Å²) >= 11 is 1.57. The van der Waals surface area contributed by atoms with Crippen LogP contribution in [-0.4, -0.2) is 48.1 Å². The average Bonchev–Trinajstić information content (AvgIpc) is 3.38. The summed E-state index contributed by atoms with van der Waals surface area (Å²) in [5.74, 6) is 0.228. The third-order valence-electron chi connectivity index (χ3n) is 5.52. The quantitative estimate of drug-likeness (QED) is 0.324. The fraction of sp³-hybridized carbons (Fsp3) is 0.538. The molecule has 0 radical (unpaired) electrons. The fourth-order valence-corrected chi connectivity index (χ4v) is 6.22. The summed E-state index contributed by atoms with van der Waals surface area (Å²) < 4.78 is 34.0. The molecule has 2 aromatic heterocycles. The largest absolute Gasteiger partial charge is 0.464 e. The van der Waals surface area contributed by atoms with Crippen molar-refractivity contribution in [3.8, 4) is 0 Å². The van der Waals surface area contributed by atoms with Crippen LogP contribution in [0.4, 0.5) is 0 Å². The topological polar surface area (TPSA) is 83.7 Å². The Balaban J connectivity index is 1.75. The Bertz CT molecular complexity index is 1240. The number of hydrogen-bond acceptors (Lipinski definition) is 6. The molecule has 1 amide bonds. The molecule has 0 saturated heterocycles. The monoisotopic (exact) mass is 519 g/mol. The maximum absolute atomic E-state index is 13.5. The summed E-state index contributed by atoms with van der Waals surface area (Å²) in [5, 5.41) is 3.70. The maximum Gasteiger partial charge on any atom is 0.243 e. The smallest absolute Gasteiger partial charge is 0.243 e. The second kappa shape index (κ2) is 11.2. The predicted octanol–water partition coefficient (Wildman–Crippen LogP) is 5.70. The zero-order chi connectivity index (χ0) is 25.8. The highest BCUT2D eigenvalue weighted by atomic mass is 32.2. The molecule has 0 atom stereocenters. The van der Waals surface area contributed by atoms with Gasteiger partial charge in [-0.1, -0.05) is 34.6 Å². The Morgan fingerprint density at radius 1 is 1.17 bits per heavy atom. The van der Waals surface area contributed by atoms with Gasteiger partial charge in [0, 0.05) is 36.8 Å². The lowest BCUT2D eigenvalue weighted by Gasteiger charge is -2.28. The van der Waals surface area contributed by atoms with Crippen LogP contribution in [0.2, 0.25) is 0 Å². The van der Waals surface area contributed by atoms with Crippen molar-refractivity contribution < 1.29 is 17.6 Å². The molecule has 192 valence electrons. The number of carbonyl (C=O) groups excluding carboxylic acids is 1. The molecule has 7 nitrogen and oxygen atoms in total. The third kappa shape index (κ3) is 7.62. The fourth-order valence-electron chi connectivity index (χ4n) is 3.94. The molecule has 3 aromatic rings. The van der Waals surface area contributed by atoms with Crippen molar-refractivity contribution in [1.29, 1.82) is 0 Å². The second-order valence-corrected chi connectivity index (χ2v) is 13.6. The van der Waals surface area contributed by atoms with Crippen molar-refractivity contribution in [2.75, 3.05) is 19.6 Å². The number of benzene rings is 1. The Morgan fingerprint density at radius 2 is 1.91 bits per heavy atom. The number of rotatable bonds is 11. The van der Waals surface area contributed by atoms with Gasteiger partial charge < -0.3 is 9.32 Å². The summed E-state index contributed by atoms with van der Waals surface area (Å²) in [6.07, 6.45) is 2.52. The highest BCUT2D eigenvalue weighted by Crippen LogP contribution is 2.24. The Hall–Kier alpha value is -2.23. The van der Waals surface area contributed by atoms with Crippen LogP contribution >= 0.6 is 11.3 Å².